The van der Waals surface area contributed by atoms with Crippen LogP contribution in [0.2, 0.25) is 0 Å². The van der Waals surface area contributed by atoms with Crippen LogP contribution >= 0.6 is 0 Å². The van der Waals surface area contributed by atoms with Gasteiger partial charge in [0.1, 0.15) is 18.3 Å². The minimum absolute atomic E-state index is 0.242. The van der Waals surface area contributed by atoms with E-state index in [0.29, 0.717) is 0 Å². The fourth-order valence-corrected chi connectivity index (χ4v) is 1.92. The van der Waals surface area contributed by atoms with Crippen LogP contribution < -0.4 is 5.73 Å². The maximum absolute atomic E-state index is 9.72. The first-order valence-electron chi connectivity index (χ1n) is 5.17. The van der Waals surface area contributed by atoms with Crippen molar-refractivity contribution in [2.24, 2.45) is 11.1 Å². The summed E-state index contributed by atoms with van der Waals surface area (Å²) >= 11 is 0. The zero-order chi connectivity index (χ0) is 11.8. The van der Waals surface area contributed by atoms with E-state index in [1.807, 2.05) is 20.8 Å². The third-order valence-electron chi connectivity index (χ3n) is 2.83. The van der Waals surface area contributed by atoms with E-state index >= 15 is 0 Å². The lowest BCUT2D eigenvalue weighted by Gasteiger charge is -2.46. The molecule has 5 heteroatoms. The predicted molar refractivity (Wildman–Crippen MR) is 55.2 cm³/mol. The summed E-state index contributed by atoms with van der Waals surface area (Å²) in [5, 5.41) is 28.3. The second kappa shape index (κ2) is 4.35. The van der Waals surface area contributed by atoms with E-state index in [0.717, 1.165) is 0 Å². The van der Waals surface area contributed by atoms with E-state index in [1.165, 1.54) is 0 Å². The van der Waals surface area contributed by atoms with E-state index in [4.69, 9.17) is 15.6 Å². The molecule has 0 aromatic heterocycles. The van der Waals surface area contributed by atoms with Crippen LogP contribution in [0.5, 0.6) is 0 Å². The average molecular weight is 219 g/mol. The molecule has 0 aromatic rings. The molecule has 0 aliphatic carbocycles. The van der Waals surface area contributed by atoms with Gasteiger partial charge in [-0.2, -0.15) is 0 Å². The van der Waals surface area contributed by atoms with Gasteiger partial charge < -0.3 is 25.8 Å². The van der Waals surface area contributed by atoms with Gasteiger partial charge in [-0.3, -0.25) is 0 Å². The number of rotatable bonds is 1. The Morgan fingerprint density at radius 3 is 2.13 bits per heavy atom. The maximum Gasteiger partial charge on any atom is 0.110 e. The van der Waals surface area contributed by atoms with Crippen molar-refractivity contribution in [3.63, 3.8) is 0 Å². The van der Waals surface area contributed by atoms with Gasteiger partial charge in [0.2, 0.25) is 0 Å². The molecule has 1 rings (SSSR count). The Bertz CT molecular complexity index is 214. The molecule has 90 valence electrons. The predicted octanol–water partition coefficient (Wildman–Crippen LogP) is -1.16. The normalized spacial score (nSPS) is 43.0. The molecule has 0 spiro atoms. The van der Waals surface area contributed by atoms with Crippen LogP contribution in [0.15, 0.2) is 0 Å². The van der Waals surface area contributed by atoms with Crippen molar-refractivity contribution in [1.82, 2.24) is 0 Å². The number of hydrogen-bond donors (Lipinski definition) is 4. The van der Waals surface area contributed by atoms with Gasteiger partial charge in [-0.15, -0.1) is 0 Å². The highest BCUT2D eigenvalue weighted by Crippen LogP contribution is 2.31. The van der Waals surface area contributed by atoms with Gasteiger partial charge in [-0.1, -0.05) is 20.8 Å². The summed E-state index contributed by atoms with van der Waals surface area (Å²) in [4.78, 5) is 0. The molecule has 0 bridgehead atoms. The van der Waals surface area contributed by atoms with Gasteiger partial charge in [-0.05, 0) is 5.41 Å². The molecular weight excluding hydrogens is 198 g/mol. The number of aliphatic hydroxyl groups excluding tert-OH is 3. The summed E-state index contributed by atoms with van der Waals surface area (Å²) < 4.78 is 5.51. The second-order valence-electron chi connectivity index (χ2n) is 5.20. The quantitative estimate of drug-likeness (QED) is 0.446. The highest BCUT2D eigenvalue weighted by molar-refractivity contribution is 4.98. The Morgan fingerprint density at radius 2 is 1.73 bits per heavy atom. The number of hydrogen-bond acceptors (Lipinski definition) is 5. The Balaban J connectivity index is 2.83. The Morgan fingerprint density at radius 1 is 1.20 bits per heavy atom. The van der Waals surface area contributed by atoms with Crippen molar-refractivity contribution in [1.29, 1.82) is 0 Å². The molecule has 0 radical (unpaired) electrons. The molecule has 1 heterocycles. The number of aliphatic hydroxyl groups is 3. The molecule has 5 atom stereocenters. The fourth-order valence-electron chi connectivity index (χ4n) is 1.92. The summed E-state index contributed by atoms with van der Waals surface area (Å²) in [7, 11) is 0. The van der Waals surface area contributed by atoms with Crippen LogP contribution in [0, 0.1) is 5.41 Å². The number of nitrogens with two attached hydrogens (primary N) is 1. The Kier molecular flexibility index (Phi) is 3.73. The van der Waals surface area contributed by atoms with Crippen LogP contribution in [0.1, 0.15) is 20.8 Å². The molecular formula is C10H21NO4. The topological polar surface area (TPSA) is 95.9 Å². The molecule has 15 heavy (non-hydrogen) atoms. The van der Waals surface area contributed by atoms with Crippen LogP contribution in [-0.4, -0.2) is 52.4 Å². The third kappa shape index (κ3) is 2.49. The van der Waals surface area contributed by atoms with Gasteiger partial charge in [0.05, 0.1) is 18.8 Å². The van der Waals surface area contributed by atoms with E-state index in [9.17, 15) is 10.2 Å². The lowest BCUT2D eigenvalue weighted by Crippen LogP contribution is -2.64. The van der Waals surface area contributed by atoms with Crippen LogP contribution in [0.4, 0.5) is 0 Å². The maximum atomic E-state index is 9.72. The van der Waals surface area contributed by atoms with Gasteiger partial charge in [0, 0.05) is 0 Å². The highest BCUT2D eigenvalue weighted by Gasteiger charge is 2.46. The minimum Gasteiger partial charge on any atom is -0.394 e. The van der Waals surface area contributed by atoms with Crippen molar-refractivity contribution < 1.29 is 20.1 Å². The summed E-state index contributed by atoms with van der Waals surface area (Å²) in [6.45, 7) is 5.50. The summed E-state index contributed by atoms with van der Waals surface area (Å²) in [5.41, 5.74) is 5.56. The van der Waals surface area contributed by atoms with Gasteiger partial charge in [-0.25, -0.2) is 0 Å². The fraction of sp³-hybridized carbons (Fsp3) is 1.00. The standard InChI is InChI=1S/C10H21NO4/c1-10(2,3)9-6(11)8(14)7(13)5(4-12)15-9/h5-9,12-14H,4,11H2,1-3H3/t5?,6?,7-,8+,9+/m0/s1. The molecule has 5 N–H and O–H groups in total. The van der Waals surface area contributed by atoms with Crippen molar-refractivity contribution in [2.45, 2.75) is 51.2 Å². The van der Waals surface area contributed by atoms with Crippen LogP contribution in [-0.2, 0) is 4.74 Å². The average Bonchev–Trinajstić information content (AvgIpc) is 2.13. The molecule has 1 aliphatic rings. The third-order valence-corrected chi connectivity index (χ3v) is 2.83. The highest BCUT2D eigenvalue weighted by atomic mass is 16.5. The van der Waals surface area contributed by atoms with Crippen molar-refractivity contribution in [3.8, 4) is 0 Å². The SMILES string of the molecule is CC(C)(C)[C@@H]1OC(CO)[C@H](O)[C@H](O)C1N. The van der Waals surface area contributed by atoms with Crippen molar-refractivity contribution in [3.05, 3.63) is 0 Å². The molecule has 1 aliphatic heterocycles. The first kappa shape index (κ1) is 12.9. The van der Waals surface area contributed by atoms with Gasteiger partial charge in [0.15, 0.2) is 0 Å². The lowest BCUT2D eigenvalue weighted by molar-refractivity contribution is -0.211. The first-order chi connectivity index (χ1) is 6.79. The van der Waals surface area contributed by atoms with Crippen LogP contribution in [0.3, 0.4) is 0 Å². The van der Waals surface area contributed by atoms with E-state index < -0.39 is 24.4 Å². The minimum atomic E-state index is -1.12. The summed E-state index contributed by atoms with van der Waals surface area (Å²) in [5.74, 6) is 0. The van der Waals surface area contributed by atoms with Crippen molar-refractivity contribution in [2.75, 3.05) is 6.61 Å². The molecule has 0 saturated carbocycles. The molecule has 0 aromatic carbocycles. The molecule has 2 unspecified atom stereocenters. The Hall–Kier alpha value is -0.200. The summed E-state index contributed by atoms with van der Waals surface area (Å²) in [6.07, 6.45) is -3.32. The molecule has 1 saturated heterocycles. The van der Waals surface area contributed by atoms with E-state index in [1.54, 1.807) is 0 Å². The lowest BCUT2D eigenvalue weighted by atomic mass is 9.79. The van der Waals surface area contributed by atoms with Crippen LogP contribution in [0.25, 0.3) is 0 Å². The first-order valence-corrected chi connectivity index (χ1v) is 5.17. The number of ether oxygens (including phenoxy) is 1. The van der Waals surface area contributed by atoms with E-state index in [-0.39, 0.29) is 18.1 Å². The second-order valence-corrected chi connectivity index (χ2v) is 5.20. The van der Waals surface area contributed by atoms with Gasteiger partial charge in [0.25, 0.3) is 0 Å². The van der Waals surface area contributed by atoms with Crippen molar-refractivity contribution >= 4 is 0 Å². The zero-order valence-electron chi connectivity index (χ0n) is 9.42. The zero-order valence-corrected chi connectivity index (χ0v) is 9.42. The monoisotopic (exact) mass is 219 g/mol. The molecule has 1 fully saturated rings. The van der Waals surface area contributed by atoms with E-state index in [2.05, 4.69) is 0 Å². The Labute approximate surface area is 89.9 Å². The smallest absolute Gasteiger partial charge is 0.110 e. The molecule has 0 amide bonds. The largest absolute Gasteiger partial charge is 0.394 e. The summed E-state index contributed by atoms with van der Waals surface area (Å²) in [6, 6.07) is -0.636. The van der Waals surface area contributed by atoms with Gasteiger partial charge >= 0.3 is 0 Å². The molecule has 5 nitrogen and oxygen atoms in total.